The Kier molecular flexibility index (Phi) is 40.4. The minimum atomic E-state index is -1.61. The maximum Gasteiger partial charge on any atom is 0.508 e. The molecule has 13 heteroatoms. The van der Waals surface area contributed by atoms with E-state index in [2.05, 4.69) is 32.7 Å². The second-order valence-corrected chi connectivity index (χ2v) is 22.0. The molecule has 3 rings (SSSR count). The smallest absolute Gasteiger partial charge is 0.462 e. The summed E-state index contributed by atoms with van der Waals surface area (Å²) in [5.74, 6) is -1.49. The molecule has 0 spiro atoms. The normalized spacial score (nSPS) is 17.8. The van der Waals surface area contributed by atoms with E-state index in [4.69, 9.17) is 33.2 Å². The molecule has 1 heterocycles. The number of aliphatic hydroxyl groups is 1. The highest BCUT2D eigenvalue weighted by Crippen LogP contribution is 2.28. The molecule has 0 unspecified atom stereocenters. The van der Waals surface area contributed by atoms with Gasteiger partial charge in [0.2, 0.25) is 5.91 Å². The minimum absolute atomic E-state index is 0.0129. The maximum absolute atomic E-state index is 14.3. The van der Waals surface area contributed by atoms with E-state index in [0.29, 0.717) is 25.9 Å². The van der Waals surface area contributed by atoms with Crippen molar-refractivity contribution in [1.29, 1.82) is 0 Å². The van der Waals surface area contributed by atoms with Crippen molar-refractivity contribution >= 4 is 24.0 Å². The Morgan fingerprint density at radius 2 is 1.05 bits per heavy atom. The number of esters is 2. The van der Waals surface area contributed by atoms with Gasteiger partial charge in [0.15, 0.2) is 12.4 Å². The lowest BCUT2D eigenvalue weighted by atomic mass is 9.95. The first-order chi connectivity index (χ1) is 38.7. The zero-order valence-corrected chi connectivity index (χ0v) is 49.4. The average molecular weight is 1110 g/mol. The van der Waals surface area contributed by atoms with Crippen molar-refractivity contribution < 1.29 is 57.4 Å². The van der Waals surface area contributed by atoms with Crippen molar-refractivity contribution in [3.8, 4) is 0 Å². The molecule has 2 aromatic rings. The molecule has 1 saturated heterocycles. The van der Waals surface area contributed by atoms with Gasteiger partial charge in [-0.15, -0.1) is 6.58 Å². The highest BCUT2D eigenvalue weighted by molar-refractivity contribution is 5.77. The number of rotatable bonds is 49. The Labute approximate surface area is 477 Å². The third-order valence-corrected chi connectivity index (χ3v) is 14.9. The molecular formula is C66H107NO12. The summed E-state index contributed by atoms with van der Waals surface area (Å²) in [4.78, 5) is 54.9. The second-order valence-electron chi connectivity index (χ2n) is 22.0. The number of hydrogen-bond donors (Lipinski definition) is 2. The highest BCUT2D eigenvalue weighted by Gasteiger charge is 2.49. The zero-order valence-electron chi connectivity index (χ0n) is 49.4. The molecule has 1 aliphatic heterocycles. The van der Waals surface area contributed by atoms with Gasteiger partial charge in [0.25, 0.3) is 0 Å². The summed E-state index contributed by atoms with van der Waals surface area (Å²) in [7, 11) is 0. The van der Waals surface area contributed by atoms with E-state index in [1.54, 1.807) is 0 Å². The largest absolute Gasteiger partial charge is 0.508 e. The minimum Gasteiger partial charge on any atom is -0.462 e. The van der Waals surface area contributed by atoms with E-state index in [9.17, 15) is 24.3 Å². The molecule has 0 bridgehead atoms. The lowest BCUT2D eigenvalue weighted by Gasteiger charge is -2.44. The van der Waals surface area contributed by atoms with Gasteiger partial charge in [0.1, 0.15) is 37.6 Å². The summed E-state index contributed by atoms with van der Waals surface area (Å²) in [6, 6.07) is 17.8. The summed E-state index contributed by atoms with van der Waals surface area (Å²) < 4.78 is 41.8. The molecule has 0 aromatic heterocycles. The Morgan fingerprint density at radius 3 is 1.56 bits per heavy atom. The molecule has 448 valence electrons. The number of aliphatic hydroxyl groups excluding tert-OH is 1. The van der Waals surface area contributed by atoms with Crippen LogP contribution in [-0.2, 0) is 60.8 Å². The average Bonchev–Trinajstić information content (AvgIpc) is 3.46. The lowest BCUT2D eigenvalue weighted by molar-refractivity contribution is -0.271. The molecular weight excluding hydrogens is 999 g/mol. The van der Waals surface area contributed by atoms with Crippen molar-refractivity contribution in [3.05, 3.63) is 84.4 Å². The number of ether oxygens (including phenoxy) is 7. The Hall–Kier alpha value is -4.30. The van der Waals surface area contributed by atoms with Crippen LogP contribution in [0, 0.1) is 0 Å². The molecule has 79 heavy (non-hydrogen) atoms. The predicted octanol–water partition coefficient (Wildman–Crippen LogP) is 15.8. The van der Waals surface area contributed by atoms with Gasteiger partial charge in [0.05, 0.1) is 32.2 Å². The quantitative estimate of drug-likeness (QED) is 0.0279. The fourth-order valence-corrected chi connectivity index (χ4v) is 10.2. The van der Waals surface area contributed by atoms with Crippen molar-refractivity contribution in [1.82, 2.24) is 5.32 Å². The summed E-state index contributed by atoms with van der Waals surface area (Å²) in [5.41, 5.74) is 1.75. The van der Waals surface area contributed by atoms with Gasteiger partial charge in [-0.3, -0.25) is 14.4 Å². The first-order valence-electron chi connectivity index (χ1n) is 31.4. The van der Waals surface area contributed by atoms with Gasteiger partial charge in [-0.1, -0.05) is 261 Å². The van der Waals surface area contributed by atoms with Crippen LogP contribution in [0.3, 0.4) is 0 Å². The van der Waals surface area contributed by atoms with Crippen LogP contribution in [-0.4, -0.2) is 85.2 Å². The summed E-state index contributed by atoms with van der Waals surface area (Å²) >= 11 is 0. The predicted molar refractivity (Wildman–Crippen MR) is 314 cm³/mol. The molecule has 2 N–H and O–H groups in total. The number of nitrogens with one attached hydrogen (secondary N) is 1. The molecule has 2 aromatic carbocycles. The monoisotopic (exact) mass is 1110 g/mol. The van der Waals surface area contributed by atoms with E-state index >= 15 is 0 Å². The van der Waals surface area contributed by atoms with E-state index in [0.717, 1.165) is 75.3 Å². The second kappa shape index (κ2) is 46.3. The van der Waals surface area contributed by atoms with Crippen LogP contribution in [0.25, 0.3) is 0 Å². The van der Waals surface area contributed by atoms with Crippen molar-refractivity contribution in [3.63, 3.8) is 0 Å². The first-order valence-corrected chi connectivity index (χ1v) is 31.4. The van der Waals surface area contributed by atoms with Crippen LogP contribution >= 0.6 is 0 Å². The van der Waals surface area contributed by atoms with E-state index in [-0.39, 0.29) is 38.4 Å². The van der Waals surface area contributed by atoms with Crippen LogP contribution in [0.2, 0.25) is 0 Å². The third kappa shape index (κ3) is 33.9. The fourth-order valence-electron chi connectivity index (χ4n) is 10.2. The topological polar surface area (TPSA) is 165 Å². The van der Waals surface area contributed by atoms with E-state index in [1.807, 2.05) is 60.7 Å². The SMILES string of the molecule is C=CCO[C@H]1O[C@H](COC(=O)OCc2ccccc2)[C@@H](O)[C@H](OC(=O)C[C@@H](CCCCCCCCCCC)OC(=O)CCCCCCCCCCCCC)[C@H]1NC(=O)C[C@H](CCCCCCCCCCC)OCc1ccccc1. The van der Waals surface area contributed by atoms with Gasteiger partial charge >= 0.3 is 18.1 Å². The summed E-state index contributed by atoms with van der Waals surface area (Å²) in [6.45, 7) is 10.3. The molecule has 13 nitrogen and oxygen atoms in total. The molecule has 1 fully saturated rings. The summed E-state index contributed by atoms with van der Waals surface area (Å²) in [6.07, 6.45) is 28.2. The van der Waals surface area contributed by atoms with Crippen LogP contribution in [0.1, 0.15) is 250 Å². The lowest BCUT2D eigenvalue weighted by Crippen LogP contribution is -2.66. The number of carbonyl (C=O) groups is 4. The van der Waals surface area contributed by atoms with Gasteiger partial charge in [-0.25, -0.2) is 4.79 Å². The van der Waals surface area contributed by atoms with Crippen molar-refractivity contribution in [2.75, 3.05) is 13.2 Å². The molecule has 0 saturated carbocycles. The van der Waals surface area contributed by atoms with Gasteiger partial charge < -0.3 is 43.6 Å². The maximum atomic E-state index is 14.3. The number of hydrogen-bond acceptors (Lipinski definition) is 12. The van der Waals surface area contributed by atoms with E-state index < -0.39 is 67.5 Å². The van der Waals surface area contributed by atoms with Gasteiger partial charge in [0, 0.05) is 6.42 Å². The van der Waals surface area contributed by atoms with Gasteiger partial charge in [-0.05, 0) is 36.8 Å². The first kappa shape index (κ1) is 69.0. The molecule has 1 amide bonds. The standard InChI is InChI=1S/C66H107NO12/c1-5-9-12-15-18-21-22-25-28-31-40-47-60(69)77-57(46-39-30-27-24-20-17-14-11-7-3)50-61(70)79-64-62(65(73-48-8-4)78-58(63(64)71)53-76-66(72)75-52-55-43-36-33-37-44-55)67-59(68)49-56(74-51-54-41-34-32-35-42-54)45-38-29-26-23-19-16-13-10-6-2/h8,32-37,41-44,56-58,62-65,71H,4-7,9-31,38-40,45-53H2,1-3H3,(H,67,68)/t56-,57+,58+,62+,63+,64+,65-/m0/s1. The third-order valence-electron chi connectivity index (χ3n) is 14.9. The molecule has 7 atom stereocenters. The number of unbranched alkanes of at least 4 members (excludes halogenated alkanes) is 26. The van der Waals surface area contributed by atoms with Crippen molar-refractivity contribution in [2.24, 2.45) is 0 Å². The molecule has 0 radical (unpaired) electrons. The van der Waals surface area contributed by atoms with Crippen molar-refractivity contribution in [2.45, 2.75) is 295 Å². The Morgan fingerprint density at radius 1 is 0.582 bits per heavy atom. The summed E-state index contributed by atoms with van der Waals surface area (Å²) in [5, 5.41) is 15.1. The van der Waals surface area contributed by atoms with Crippen LogP contribution < -0.4 is 5.32 Å². The van der Waals surface area contributed by atoms with Crippen LogP contribution in [0.4, 0.5) is 4.79 Å². The fraction of sp³-hybridized carbons (Fsp3) is 0.727. The number of carbonyl (C=O) groups excluding carboxylic acids is 4. The van der Waals surface area contributed by atoms with Crippen LogP contribution in [0.15, 0.2) is 73.3 Å². The van der Waals surface area contributed by atoms with E-state index in [1.165, 1.54) is 122 Å². The van der Waals surface area contributed by atoms with Gasteiger partial charge in [-0.2, -0.15) is 0 Å². The number of benzene rings is 2. The molecule has 0 aliphatic carbocycles. The Balaban J connectivity index is 1.79. The Bertz CT molecular complexity index is 1830. The van der Waals surface area contributed by atoms with Crippen LogP contribution in [0.5, 0.6) is 0 Å². The zero-order chi connectivity index (χ0) is 56.8. The molecule has 1 aliphatic rings. The number of amides is 1. The highest BCUT2D eigenvalue weighted by atomic mass is 16.7.